The molecule has 0 aliphatic carbocycles. The third-order valence-electron chi connectivity index (χ3n) is 3.67. The van der Waals surface area contributed by atoms with E-state index in [1.54, 1.807) is 23.0 Å². The third-order valence-corrected chi connectivity index (χ3v) is 4.53. The molecule has 0 unspecified atom stereocenters. The molecular formula is C15H10Cl2N4O. The van der Waals surface area contributed by atoms with E-state index in [9.17, 15) is 4.79 Å². The summed E-state index contributed by atoms with van der Waals surface area (Å²) >= 11 is 12.3. The van der Waals surface area contributed by atoms with Crippen LogP contribution in [0.4, 0.5) is 0 Å². The Bertz CT molecular complexity index is 1060. The number of pyridine rings is 1. The van der Waals surface area contributed by atoms with Gasteiger partial charge in [0.1, 0.15) is 5.65 Å². The topological polar surface area (TPSA) is 66.5 Å². The van der Waals surface area contributed by atoms with Gasteiger partial charge in [-0.1, -0.05) is 35.3 Å². The van der Waals surface area contributed by atoms with Gasteiger partial charge in [0.2, 0.25) is 0 Å². The number of imidazole rings is 1. The van der Waals surface area contributed by atoms with Gasteiger partial charge in [-0.25, -0.2) is 9.78 Å². The lowest BCUT2D eigenvalue weighted by molar-refractivity contribution is 0.789. The van der Waals surface area contributed by atoms with Crippen LogP contribution in [0.5, 0.6) is 0 Å². The first-order valence-electron chi connectivity index (χ1n) is 6.62. The molecule has 0 bridgehead atoms. The molecule has 3 aromatic heterocycles. The summed E-state index contributed by atoms with van der Waals surface area (Å²) in [7, 11) is 0. The zero-order valence-electron chi connectivity index (χ0n) is 11.2. The molecule has 1 aromatic carbocycles. The van der Waals surface area contributed by atoms with E-state index in [0.717, 1.165) is 22.1 Å². The summed E-state index contributed by atoms with van der Waals surface area (Å²) in [5, 5.41) is 1.82. The summed E-state index contributed by atoms with van der Waals surface area (Å²) in [4.78, 5) is 22.4. The Hall–Kier alpha value is -2.24. The van der Waals surface area contributed by atoms with E-state index >= 15 is 0 Å². The Kier molecular flexibility index (Phi) is 2.99. The molecule has 0 fully saturated rings. The van der Waals surface area contributed by atoms with E-state index in [1.165, 1.54) is 0 Å². The molecule has 4 rings (SSSR count). The van der Waals surface area contributed by atoms with E-state index < -0.39 is 0 Å². The van der Waals surface area contributed by atoms with Crippen molar-refractivity contribution in [3.63, 3.8) is 0 Å². The molecule has 5 nitrogen and oxygen atoms in total. The van der Waals surface area contributed by atoms with Gasteiger partial charge in [0.25, 0.3) is 0 Å². The molecule has 22 heavy (non-hydrogen) atoms. The number of hydrogen-bond donors (Lipinski definition) is 2. The van der Waals surface area contributed by atoms with E-state index in [-0.39, 0.29) is 5.69 Å². The second-order valence-corrected chi connectivity index (χ2v) is 5.77. The van der Waals surface area contributed by atoms with Crippen molar-refractivity contribution < 1.29 is 0 Å². The fourth-order valence-corrected chi connectivity index (χ4v) is 3.03. The van der Waals surface area contributed by atoms with Crippen molar-refractivity contribution in [2.75, 3.05) is 0 Å². The van der Waals surface area contributed by atoms with Gasteiger partial charge in [0.05, 0.1) is 33.8 Å². The number of nitrogens with one attached hydrogen (secondary N) is 2. The van der Waals surface area contributed by atoms with Crippen LogP contribution in [-0.4, -0.2) is 19.5 Å². The van der Waals surface area contributed by atoms with Gasteiger partial charge in [-0.2, -0.15) is 0 Å². The van der Waals surface area contributed by atoms with Crippen molar-refractivity contribution in [1.82, 2.24) is 19.5 Å². The quantitative estimate of drug-likeness (QED) is 0.589. The highest BCUT2D eigenvalue weighted by atomic mass is 35.5. The molecule has 2 N–H and O–H groups in total. The number of rotatable bonds is 2. The van der Waals surface area contributed by atoms with Crippen LogP contribution in [0.1, 0.15) is 5.56 Å². The lowest BCUT2D eigenvalue weighted by Gasteiger charge is -2.07. The van der Waals surface area contributed by atoms with Gasteiger partial charge in [-0.05, 0) is 17.7 Å². The predicted octanol–water partition coefficient (Wildman–Crippen LogP) is 3.56. The fourth-order valence-electron chi connectivity index (χ4n) is 2.65. The highest BCUT2D eigenvalue weighted by Gasteiger charge is 2.14. The van der Waals surface area contributed by atoms with Gasteiger partial charge in [-0.3, -0.25) is 4.57 Å². The molecule has 0 radical (unpaired) electrons. The summed E-state index contributed by atoms with van der Waals surface area (Å²) in [6.07, 6.45) is 3.44. The predicted molar refractivity (Wildman–Crippen MR) is 87.8 cm³/mol. The second kappa shape index (κ2) is 4.90. The zero-order chi connectivity index (χ0) is 15.3. The fraction of sp³-hybridized carbons (Fsp3) is 0.0667. The molecule has 0 saturated heterocycles. The van der Waals surface area contributed by atoms with Crippen molar-refractivity contribution in [2.45, 2.75) is 6.54 Å². The number of H-pyrrole nitrogens is 2. The minimum atomic E-state index is -0.207. The number of aromatic amines is 2. The maximum absolute atomic E-state index is 12.3. The number of nitrogens with zero attached hydrogens (tertiary/aromatic N) is 2. The average Bonchev–Trinajstić information content (AvgIpc) is 3.08. The molecule has 0 saturated carbocycles. The lowest BCUT2D eigenvalue weighted by atomic mass is 10.2. The van der Waals surface area contributed by atoms with Crippen molar-refractivity contribution in [3.05, 3.63) is 62.8 Å². The second-order valence-electron chi connectivity index (χ2n) is 4.99. The SMILES string of the molecule is O=c1[nH]c2cnc3[nH]ccc3c2n1Cc1cccc(Cl)c1Cl. The molecule has 0 atom stereocenters. The number of halogens is 2. The maximum atomic E-state index is 12.3. The zero-order valence-corrected chi connectivity index (χ0v) is 12.7. The van der Waals surface area contributed by atoms with Gasteiger partial charge >= 0.3 is 5.69 Å². The Labute approximate surface area is 134 Å². The molecule has 0 amide bonds. The van der Waals surface area contributed by atoms with Gasteiger partial charge in [0, 0.05) is 11.6 Å². The van der Waals surface area contributed by atoms with Crippen molar-refractivity contribution >= 4 is 45.3 Å². The summed E-state index contributed by atoms with van der Waals surface area (Å²) < 4.78 is 1.64. The van der Waals surface area contributed by atoms with E-state index in [2.05, 4.69) is 15.0 Å². The van der Waals surface area contributed by atoms with Crippen LogP contribution in [0.15, 0.2) is 41.5 Å². The van der Waals surface area contributed by atoms with Crippen LogP contribution < -0.4 is 5.69 Å². The van der Waals surface area contributed by atoms with Crippen LogP contribution in [0, 0.1) is 0 Å². The standard InChI is InChI=1S/C15H10Cl2N4O/c16-10-3-1-2-8(12(10)17)7-21-13-9-4-5-18-14(9)19-6-11(13)20-15(21)22/h1-6H,7H2,(H,18,19)(H,20,22). The number of hydrogen-bond acceptors (Lipinski definition) is 2. The third kappa shape index (κ3) is 1.94. The van der Waals surface area contributed by atoms with Crippen molar-refractivity contribution in [3.8, 4) is 0 Å². The van der Waals surface area contributed by atoms with Gasteiger partial charge in [-0.15, -0.1) is 0 Å². The van der Waals surface area contributed by atoms with Gasteiger partial charge < -0.3 is 9.97 Å². The Morgan fingerprint density at radius 2 is 2.09 bits per heavy atom. The van der Waals surface area contributed by atoms with E-state index in [1.807, 2.05) is 18.2 Å². The molecule has 0 aliphatic heterocycles. The Morgan fingerprint density at radius 1 is 1.23 bits per heavy atom. The summed E-state index contributed by atoms with van der Waals surface area (Å²) in [5.41, 5.74) is 2.80. The first kappa shape index (κ1) is 13.4. The Morgan fingerprint density at radius 3 is 2.95 bits per heavy atom. The molecule has 4 aromatic rings. The molecule has 0 aliphatic rings. The van der Waals surface area contributed by atoms with Crippen LogP contribution in [0.25, 0.3) is 22.1 Å². The normalized spacial score (nSPS) is 11.5. The number of fused-ring (bicyclic) bond motifs is 3. The first-order valence-corrected chi connectivity index (χ1v) is 7.38. The number of aromatic nitrogens is 4. The monoisotopic (exact) mass is 332 g/mol. The smallest absolute Gasteiger partial charge is 0.326 e. The average molecular weight is 333 g/mol. The first-order chi connectivity index (χ1) is 10.6. The van der Waals surface area contributed by atoms with Crippen LogP contribution in [0.2, 0.25) is 10.0 Å². The molecule has 3 heterocycles. The largest absolute Gasteiger partial charge is 0.346 e. The minimum absolute atomic E-state index is 0.207. The summed E-state index contributed by atoms with van der Waals surface area (Å²) in [6.45, 7) is 0.336. The van der Waals surface area contributed by atoms with Crippen LogP contribution in [-0.2, 0) is 6.54 Å². The molecule has 7 heteroatoms. The highest BCUT2D eigenvalue weighted by Crippen LogP contribution is 2.27. The van der Waals surface area contributed by atoms with E-state index in [0.29, 0.717) is 22.1 Å². The molecular weight excluding hydrogens is 323 g/mol. The minimum Gasteiger partial charge on any atom is -0.346 e. The number of benzene rings is 1. The summed E-state index contributed by atoms with van der Waals surface area (Å²) in [6, 6.07) is 7.29. The van der Waals surface area contributed by atoms with Gasteiger partial charge in [0.15, 0.2) is 0 Å². The Balaban J connectivity index is 1.98. The maximum Gasteiger partial charge on any atom is 0.326 e. The molecule has 0 spiro atoms. The van der Waals surface area contributed by atoms with Crippen molar-refractivity contribution in [2.24, 2.45) is 0 Å². The lowest BCUT2D eigenvalue weighted by Crippen LogP contribution is -2.17. The van der Waals surface area contributed by atoms with Crippen LogP contribution >= 0.6 is 23.2 Å². The van der Waals surface area contributed by atoms with Crippen LogP contribution in [0.3, 0.4) is 0 Å². The molecule has 110 valence electrons. The van der Waals surface area contributed by atoms with Crippen molar-refractivity contribution in [1.29, 1.82) is 0 Å². The van der Waals surface area contributed by atoms with E-state index in [4.69, 9.17) is 23.2 Å². The summed E-state index contributed by atoms with van der Waals surface area (Å²) in [5.74, 6) is 0. The highest BCUT2D eigenvalue weighted by molar-refractivity contribution is 6.42.